The zero-order valence-electron chi connectivity index (χ0n) is 11.8. The average molecular weight is 375 g/mol. The third kappa shape index (κ3) is 3.25. The van der Waals surface area contributed by atoms with Gasteiger partial charge in [0.25, 0.3) is 0 Å². The number of benzene rings is 1. The minimum Gasteiger partial charge on any atom is -0.327 e. The summed E-state index contributed by atoms with van der Waals surface area (Å²) in [6, 6.07) is 3.31. The van der Waals surface area contributed by atoms with Crippen LogP contribution in [-0.4, -0.2) is 40.0 Å². The maximum atomic E-state index is 13.7. The van der Waals surface area contributed by atoms with Gasteiger partial charge in [-0.1, -0.05) is 0 Å². The fourth-order valence-electron chi connectivity index (χ4n) is 2.94. The molecule has 0 spiro atoms. The van der Waals surface area contributed by atoms with E-state index in [2.05, 4.69) is 30.4 Å². The van der Waals surface area contributed by atoms with Crippen molar-refractivity contribution < 1.29 is 4.39 Å². The number of aryl methyl sites for hydroxylation is 1. The first-order valence-corrected chi connectivity index (χ1v) is 8.64. The van der Waals surface area contributed by atoms with Crippen LogP contribution in [0.3, 0.4) is 0 Å². The van der Waals surface area contributed by atoms with E-state index in [0.29, 0.717) is 22.3 Å². The molecule has 0 atom stereocenters. The van der Waals surface area contributed by atoms with Crippen LogP contribution in [0.4, 0.5) is 4.39 Å². The van der Waals surface area contributed by atoms with Crippen molar-refractivity contribution in [1.29, 1.82) is 0 Å². The van der Waals surface area contributed by atoms with Gasteiger partial charge < -0.3 is 9.47 Å². The van der Waals surface area contributed by atoms with Gasteiger partial charge in [-0.2, -0.15) is 0 Å². The first kappa shape index (κ1) is 15.3. The van der Waals surface area contributed by atoms with E-state index in [9.17, 15) is 4.39 Å². The molecule has 3 rings (SSSR count). The number of rotatable bonds is 5. The number of fused-ring (bicyclic) bond motifs is 1. The van der Waals surface area contributed by atoms with Gasteiger partial charge in [-0.3, -0.25) is 0 Å². The van der Waals surface area contributed by atoms with Crippen LogP contribution < -0.4 is 0 Å². The van der Waals surface area contributed by atoms with Crippen molar-refractivity contribution in [3.63, 3.8) is 0 Å². The molecule has 2 aromatic rings. The Morgan fingerprint density at radius 3 is 2.71 bits per heavy atom. The summed E-state index contributed by atoms with van der Waals surface area (Å²) in [5.74, 6) is 1.19. The third-order valence-corrected chi connectivity index (χ3v) is 4.82. The highest BCUT2D eigenvalue weighted by Gasteiger charge is 2.16. The van der Waals surface area contributed by atoms with Gasteiger partial charge in [-0.15, -0.1) is 11.6 Å². The molecule has 3 nitrogen and oxygen atoms in total. The Balaban J connectivity index is 1.92. The summed E-state index contributed by atoms with van der Waals surface area (Å²) in [5.41, 5.74) is 1.68. The lowest BCUT2D eigenvalue weighted by Gasteiger charge is -2.16. The van der Waals surface area contributed by atoms with Crippen LogP contribution in [0.25, 0.3) is 11.0 Å². The summed E-state index contributed by atoms with van der Waals surface area (Å²) in [6.07, 6.45) is 3.28. The molecule has 1 aromatic carbocycles. The van der Waals surface area contributed by atoms with Gasteiger partial charge in [0, 0.05) is 31.5 Å². The Labute approximate surface area is 137 Å². The minimum atomic E-state index is -0.274. The number of aromatic nitrogens is 2. The van der Waals surface area contributed by atoms with Crippen molar-refractivity contribution in [2.75, 3.05) is 25.5 Å². The molecule has 0 amide bonds. The highest BCUT2D eigenvalue weighted by atomic mass is 79.9. The SMILES string of the molecule is Fc1cc2nc(CCCl)n(CCN3CCCC3)c2cc1Br. The van der Waals surface area contributed by atoms with E-state index >= 15 is 0 Å². The predicted molar refractivity (Wildman–Crippen MR) is 87.5 cm³/mol. The molecule has 2 heterocycles. The Kier molecular flexibility index (Phi) is 4.82. The molecule has 114 valence electrons. The lowest BCUT2D eigenvalue weighted by Crippen LogP contribution is -2.24. The first-order chi connectivity index (χ1) is 10.2. The Morgan fingerprint density at radius 1 is 1.24 bits per heavy atom. The Morgan fingerprint density at radius 2 is 2.00 bits per heavy atom. The van der Waals surface area contributed by atoms with E-state index in [1.807, 2.05) is 6.07 Å². The largest absolute Gasteiger partial charge is 0.327 e. The summed E-state index contributed by atoms with van der Waals surface area (Å²) < 4.78 is 16.3. The van der Waals surface area contributed by atoms with Gasteiger partial charge in [0.15, 0.2) is 0 Å². The zero-order chi connectivity index (χ0) is 14.8. The highest BCUT2D eigenvalue weighted by Crippen LogP contribution is 2.25. The Bertz CT molecular complexity index is 637. The second kappa shape index (κ2) is 6.63. The smallest absolute Gasteiger partial charge is 0.139 e. The number of halogens is 3. The third-order valence-electron chi connectivity index (χ3n) is 4.03. The lowest BCUT2D eigenvalue weighted by atomic mass is 10.3. The molecule has 1 saturated heterocycles. The quantitative estimate of drug-likeness (QED) is 0.742. The molecule has 6 heteroatoms. The Hall–Kier alpha value is -0.650. The number of hydrogen-bond donors (Lipinski definition) is 0. The van der Waals surface area contributed by atoms with Crippen molar-refractivity contribution in [1.82, 2.24) is 14.5 Å². The molecule has 0 aliphatic carbocycles. The summed E-state index contributed by atoms with van der Waals surface area (Å²) in [5, 5.41) is 0. The minimum absolute atomic E-state index is 0.274. The molecule has 0 saturated carbocycles. The van der Waals surface area contributed by atoms with Gasteiger partial charge >= 0.3 is 0 Å². The second-order valence-corrected chi connectivity index (χ2v) is 6.65. The number of alkyl halides is 1. The van der Waals surface area contributed by atoms with Crippen LogP contribution in [0.15, 0.2) is 16.6 Å². The van der Waals surface area contributed by atoms with E-state index in [-0.39, 0.29) is 5.82 Å². The van der Waals surface area contributed by atoms with Crippen LogP contribution in [0, 0.1) is 5.82 Å². The molecular weight excluding hydrogens is 357 g/mol. The molecule has 21 heavy (non-hydrogen) atoms. The van der Waals surface area contributed by atoms with Gasteiger partial charge in [0.2, 0.25) is 0 Å². The molecule has 0 unspecified atom stereocenters. The van der Waals surface area contributed by atoms with Crippen molar-refractivity contribution in [2.24, 2.45) is 0 Å². The molecule has 0 bridgehead atoms. The van der Waals surface area contributed by atoms with E-state index < -0.39 is 0 Å². The van der Waals surface area contributed by atoms with Crippen molar-refractivity contribution in [2.45, 2.75) is 25.8 Å². The lowest BCUT2D eigenvalue weighted by molar-refractivity contribution is 0.322. The van der Waals surface area contributed by atoms with Crippen LogP contribution in [0.5, 0.6) is 0 Å². The molecule has 1 aliphatic rings. The van der Waals surface area contributed by atoms with Crippen LogP contribution >= 0.6 is 27.5 Å². The first-order valence-electron chi connectivity index (χ1n) is 7.31. The molecule has 0 radical (unpaired) electrons. The molecule has 1 aromatic heterocycles. The second-order valence-electron chi connectivity index (χ2n) is 5.42. The number of nitrogens with zero attached hydrogens (tertiary/aromatic N) is 3. The maximum Gasteiger partial charge on any atom is 0.139 e. The van der Waals surface area contributed by atoms with Crippen molar-refractivity contribution in [3.8, 4) is 0 Å². The molecular formula is C15H18BrClFN3. The summed E-state index contributed by atoms with van der Waals surface area (Å²) in [4.78, 5) is 7.02. The molecule has 1 aliphatic heterocycles. The average Bonchev–Trinajstić information content (AvgIpc) is 3.06. The van der Waals surface area contributed by atoms with E-state index in [4.69, 9.17) is 11.6 Å². The van der Waals surface area contributed by atoms with Crippen molar-refractivity contribution >= 4 is 38.6 Å². The van der Waals surface area contributed by atoms with Gasteiger partial charge in [0.1, 0.15) is 11.6 Å². The summed E-state index contributed by atoms with van der Waals surface area (Å²) in [7, 11) is 0. The van der Waals surface area contributed by atoms with Crippen LogP contribution in [-0.2, 0) is 13.0 Å². The van der Waals surface area contributed by atoms with Gasteiger partial charge in [-0.25, -0.2) is 9.37 Å². The van der Waals surface area contributed by atoms with Gasteiger partial charge in [-0.05, 0) is 47.9 Å². The fraction of sp³-hybridized carbons (Fsp3) is 0.533. The van der Waals surface area contributed by atoms with E-state index in [1.54, 1.807) is 0 Å². The van der Waals surface area contributed by atoms with Crippen LogP contribution in [0.2, 0.25) is 0 Å². The highest BCUT2D eigenvalue weighted by molar-refractivity contribution is 9.10. The number of imidazole rings is 1. The number of likely N-dealkylation sites (tertiary alicyclic amines) is 1. The summed E-state index contributed by atoms with van der Waals surface area (Å²) in [6.45, 7) is 4.24. The van der Waals surface area contributed by atoms with Crippen molar-refractivity contribution in [3.05, 3.63) is 28.2 Å². The van der Waals surface area contributed by atoms with Crippen LogP contribution in [0.1, 0.15) is 18.7 Å². The zero-order valence-corrected chi connectivity index (χ0v) is 14.1. The fourth-order valence-corrected chi connectivity index (χ4v) is 3.44. The number of hydrogen-bond acceptors (Lipinski definition) is 2. The monoisotopic (exact) mass is 373 g/mol. The molecule has 0 N–H and O–H groups in total. The topological polar surface area (TPSA) is 21.1 Å². The van der Waals surface area contributed by atoms with E-state index in [0.717, 1.165) is 24.4 Å². The molecule has 1 fully saturated rings. The van der Waals surface area contributed by atoms with Gasteiger partial charge in [0.05, 0.1) is 15.5 Å². The maximum absolute atomic E-state index is 13.7. The normalized spacial score (nSPS) is 16.1. The van der Waals surface area contributed by atoms with E-state index in [1.165, 1.54) is 32.0 Å². The standard InChI is InChI=1S/C15H18BrClFN3/c16-11-9-14-13(10-12(11)18)19-15(3-4-17)21(14)8-7-20-5-1-2-6-20/h9-10H,1-8H2. The predicted octanol–water partition coefficient (Wildman–Crippen LogP) is 3.82. The summed E-state index contributed by atoms with van der Waals surface area (Å²) >= 11 is 9.14.